The van der Waals surface area contributed by atoms with Crippen LogP contribution in [0.3, 0.4) is 0 Å². The lowest BCUT2D eigenvalue weighted by Crippen LogP contribution is -2.44. The number of nitrogens with zero attached hydrogens (tertiary/aromatic N) is 1. The largest absolute Gasteiger partial charge is 0.316 e. The van der Waals surface area contributed by atoms with Gasteiger partial charge in [-0.15, -0.1) is 0 Å². The lowest BCUT2D eigenvalue weighted by atomic mass is 9.69. The van der Waals surface area contributed by atoms with Crippen LogP contribution in [-0.4, -0.2) is 18.1 Å². The van der Waals surface area contributed by atoms with Crippen molar-refractivity contribution >= 4 is 0 Å². The summed E-state index contributed by atoms with van der Waals surface area (Å²) in [6.07, 6.45) is 9.83. The van der Waals surface area contributed by atoms with Gasteiger partial charge in [0.2, 0.25) is 0 Å². The minimum atomic E-state index is 0.449. The van der Waals surface area contributed by atoms with E-state index in [9.17, 15) is 0 Å². The third-order valence-electron chi connectivity index (χ3n) is 4.32. The molecule has 0 radical (unpaired) electrons. The summed E-state index contributed by atoms with van der Waals surface area (Å²) >= 11 is 0. The van der Waals surface area contributed by atoms with Gasteiger partial charge in [-0.25, -0.2) is 0 Å². The van der Waals surface area contributed by atoms with Crippen molar-refractivity contribution in [1.82, 2.24) is 10.3 Å². The SMILES string of the molecule is CNC(Cc1ccccn1)C1(C)CCCCC1. The molecule has 1 aromatic heterocycles. The average Bonchev–Trinajstić information content (AvgIpc) is 2.38. The van der Waals surface area contributed by atoms with Crippen LogP contribution in [0.5, 0.6) is 0 Å². The van der Waals surface area contributed by atoms with E-state index in [1.807, 2.05) is 12.3 Å². The maximum atomic E-state index is 4.45. The van der Waals surface area contributed by atoms with Gasteiger partial charge in [-0.2, -0.15) is 0 Å². The molecule has 2 rings (SSSR count). The Kier molecular flexibility index (Phi) is 4.16. The second kappa shape index (κ2) is 5.63. The Hall–Kier alpha value is -0.890. The van der Waals surface area contributed by atoms with Crippen molar-refractivity contribution in [2.24, 2.45) is 5.41 Å². The van der Waals surface area contributed by atoms with E-state index in [-0.39, 0.29) is 0 Å². The molecule has 0 aromatic carbocycles. The molecule has 0 saturated heterocycles. The Bertz CT molecular complexity index is 328. The molecule has 2 heteroatoms. The number of pyridine rings is 1. The summed E-state index contributed by atoms with van der Waals surface area (Å²) in [6, 6.07) is 6.76. The third-order valence-corrected chi connectivity index (χ3v) is 4.32. The van der Waals surface area contributed by atoms with Crippen molar-refractivity contribution in [3.05, 3.63) is 30.1 Å². The Morgan fingerprint density at radius 2 is 2.06 bits per heavy atom. The predicted octanol–water partition coefficient (Wildman–Crippen LogP) is 3.18. The first-order chi connectivity index (χ1) is 8.24. The first-order valence-electron chi connectivity index (χ1n) is 6.82. The fourth-order valence-corrected chi connectivity index (χ4v) is 3.13. The van der Waals surface area contributed by atoms with Gasteiger partial charge in [0.15, 0.2) is 0 Å². The van der Waals surface area contributed by atoms with Crippen LogP contribution in [0.4, 0.5) is 0 Å². The number of aromatic nitrogens is 1. The summed E-state index contributed by atoms with van der Waals surface area (Å²) in [5.74, 6) is 0. The van der Waals surface area contributed by atoms with Crippen molar-refractivity contribution in [3.8, 4) is 0 Å². The Labute approximate surface area is 105 Å². The first-order valence-corrected chi connectivity index (χ1v) is 6.82. The zero-order valence-corrected chi connectivity index (χ0v) is 11.1. The highest BCUT2D eigenvalue weighted by atomic mass is 14.9. The fraction of sp³-hybridized carbons (Fsp3) is 0.667. The van der Waals surface area contributed by atoms with Crippen LogP contribution in [0.2, 0.25) is 0 Å². The molecule has 1 aromatic rings. The van der Waals surface area contributed by atoms with Gasteiger partial charge in [0, 0.05) is 24.4 Å². The van der Waals surface area contributed by atoms with E-state index < -0.39 is 0 Å². The maximum Gasteiger partial charge on any atom is 0.0419 e. The van der Waals surface area contributed by atoms with Crippen LogP contribution in [-0.2, 0) is 6.42 Å². The molecule has 1 unspecified atom stereocenters. The van der Waals surface area contributed by atoms with Crippen molar-refractivity contribution in [3.63, 3.8) is 0 Å². The monoisotopic (exact) mass is 232 g/mol. The highest BCUT2D eigenvalue weighted by Gasteiger charge is 2.34. The number of hydrogen-bond acceptors (Lipinski definition) is 2. The maximum absolute atomic E-state index is 4.45. The zero-order chi connectivity index (χ0) is 12.1. The minimum Gasteiger partial charge on any atom is -0.316 e. The van der Waals surface area contributed by atoms with Gasteiger partial charge < -0.3 is 5.32 Å². The van der Waals surface area contributed by atoms with Crippen LogP contribution in [0.1, 0.15) is 44.7 Å². The lowest BCUT2D eigenvalue weighted by Gasteiger charge is -2.40. The summed E-state index contributed by atoms with van der Waals surface area (Å²) in [7, 11) is 2.09. The Morgan fingerprint density at radius 1 is 1.29 bits per heavy atom. The molecule has 1 aliphatic rings. The van der Waals surface area contributed by atoms with Crippen molar-refractivity contribution < 1.29 is 0 Å². The predicted molar refractivity (Wildman–Crippen MR) is 72.0 cm³/mol. The zero-order valence-electron chi connectivity index (χ0n) is 11.1. The standard InChI is InChI=1S/C15H24N2/c1-15(9-5-3-6-10-15)14(16-2)12-13-8-4-7-11-17-13/h4,7-8,11,14,16H,3,5-6,9-10,12H2,1-2H3. The molecule has 0 bridgehead atoms. The molecular formula is C15H24N2. The third kappa shape index (κ3) is 3.06. The molecule has 0 aliphatic heterocycles. The highest BCUT2D eigenvalue weighted by molar-refractivity contribution is 5.07. The molecule has 2 nitrogen and oxygen atoms in total. The molecule has 1 atom stereocenters. The van der Waals surface area contributed by atoms with Crippen LogP contribution >= 0.6 is 0 Å². The van der Waals surface area contributed by atoms with E-state index in [1.54, 1.807) is 0 Å². The van der Waals surface area contributed by atoms with Crippen LogP contribution in [0.15, 0.2) is 24.4 Å². The van der Waals surface area contributed by atoms with E-state index in [2.05, 4.69) is 36.4 Å². The second-order valence-corrected chi connectivity index (χ2v) is 5.58. The minimum absolute atomic E-state index is 0.449. The van der Waals surface area contributed by atoms with Gasteiger partial charge in [0.1, 0.15) is 0 Å². The van der Waals surface area contributed by atoms with E-state index in [1.165, 1.54) is 37.8 Å². The fourth-order valence-electron chi connectivity index (χ4n) is 3.13. The number of likely N-dealkylation sites (N-methyl/N-ethyl adjacent to an activating group) is 1. The summed E-state index contributed by atoms with van der Waals surface area (Å²) in [4.78, 5) is 4.45. The summed E-state index contributed by atoms with van der Waals surface area (Å²) in [6.45, 7) is 2.44. The van der Waals surface area contributed by atoms with E-state index in [0.29, 0.717) is 11.5 Å². The average molecular weight is 232 g/mol. The molecule has 0 amide bonds. The Balaban J connectivity index is 2.05. The molecule has 0 spiro atoms. The van der Waals surface area contributed by atoms with Gasteiger partial charge in [-0.05, 0) is 37.4 Å². The van der Waals surface area contributed by atoms with Crippen molar-refractivity contribution in [2.45, 2.75) is 51.5 Å². The number of hydrogen-bond donors (Lipinski definition) is 1. The van der Waals surface area contributed by atoms with Crippen LogP contribution in [0.25, 0.3) is 0 Å². The second-order valence-electron chi connectivity index (χ2n) is 5.58. The lowest BCUT2D eigenvalue weighted by molar-refractivity contribution is 0.148. The van der Waals surface area contributed by atoms with Crippen LogP contribution in [0, 0.1) is 5.41 Å². The van der Waals surface area contributed by atoms with Crippen LogP contribution < -0.4 is 5.32 Å². The number of nitrogens with one attached hydrogen (secondary N) is 1. The highest BCUT2D eigenvalue weighted by Crippen LogP contribution is 2.39. The normalized spacial score (nSPS) is 21.1. The van der Waals surface area contributed by atoms with E-state index in [0.717, 1.165) is 6.42 Å². The molecular weight excluding hydrogens is 208 g/mol. The quantitative estimate of drug-likeness (QED) is 0.862. The molecule has 94 valence electrons. The molecule has 1 N–H and O–H groups in total. The molecule has 17 heavy (non-hydrogen) atoms. The number of rotatable bonds is 4. The topological polar surface area (TPSA) is 24.9 Å². The molecule has 1 heterocycles. The van der Waals surface area contributed by atoms with E-state index >= 15 is 0 Å². The van der Waals surface area contributed by atoms with Gasteiger partial charge in [-0.3, -0.25) is 4.98 Å². The Morgan fingerprint density at radius 3 is 2.65 bits per heavy atom. The first kappa shape index (κ1) is 12.6. The van der Waals surface area contributed by atoms with Gasteiger partial charge in [0.25, 0.3) is 0 Å². The van der Waals surface area contributed by atoms with E-state index in [4.69, 9.17) is 0 Å². The molecule has 1 fully saturated rings. The van der Waals surface area contributed by atoms with Gasteiger partial charge in [0.05, 0.1) is 0 Å². The summed E-state index contributed by atoms with van der Waals surface area (Å²) < 4.78 is 0. The van der Waals surface area contributed by atoms with Crippen molar-refractivity contribution in [1.29, 1.82) is 0 Å². The molecule has 1 aliphatic carbocycles. The summed E-state index contributed by atoms with van der Waals surface area (Å²) in [5.41, 5.74) is 1.66. The smallest absolute Gasteiger partial charge is 0.0419 e. The van der Waals surface area contributed by atoms with Gasteiger partial charge in [-0.1, -0.05) is 32.3 Å². The molecule has 1 saturated carbocycles. The van der Waals surface area contributed by atoms with Crippen molar-refractivity contribution in [2.75, 3.05) is 7.05 Å². The summed E-state index contributed by atoms with van der Waals surface area (Å²) in [5, 5.41) is 3.52. The van der Waals surface area contributed by atoms with Gasteiger partial charge >= 0.3 is 0 Å².